The summed E-state index contributed by atoms with van der Waals surface area (Å²) in [5.41, 5.74) is 4.82. The molecule has 2 fully saturated rings. The van der Waals surface area contributed by atoms with Crippen LogP contribution in [0.4, 0.5) is 0 Å². The van der Waals surface area contributed by atoms with Crippen molar-refractivity contribution < 1.29 is 4.79 Å². The van der Waals surface area contributed by atoms with Gasteiger partial charge < -0.3 is 9.88 Å². The van der Waals surface area contributed by atoms with Crippen LogP contribution in [0.5, 0.6) is 0 Å². The minimum absolute atomic E-state index is 0.0630. The van der Waals surface area contributed by atoms with Crippen LogP contribution >= 0.6 is 0 Å². The molecular weight excluding hydrogens is 424 g/mol. The van der Waals surface area contributed by atoms with E-state index in [1.807, 2.05) is 30.2 Å². The molecule has 1 N–H and O–H groups in total. The highest BCUT2D eigenvalue weighted by Gasteiger charge is 2.36. The average molecular weight is 453 g/mol. The third-order valence-electron chi connectivity index (χ3n) is 7.13. The van der Waals surface area contributed by atoms with Crippen LogP contribution in [0.15, 0.2) is 65.6 Å². The van der Waals surface area contributed by atoms with Gasteiger partial charge in [0, 0.05) is 48.9 Å². The SMILES string of the molecule is Cc1cc(=O)n(-c2ccc(-c3ccc4cc[nH]c4c3)cc2)c(CC2CCN(C(=O)C3CC3)C2)n1. The molecule has 1 aliphatic carbocycles. The molecule has 1 atom stereocenters. The van der Waals surface area contributed by atoms with E-state index in [1.54, 1.807) is 10.6 Å². The van der Waals surface area contributed by atoms with Crippen LogP contribution in [-0.2, 0) is 11.2 Å². The van der Waals surface area contributed by atoms with Crippen molar-refractivity contribution in [3.8, 4) is 16.8 Å². The average Bonchev–Trinajstić information content (AvgIpc) is 3.39. The number of benzene rings is 2. The number of nitrogens with one attached hydrogen (secondary N) is 1. The Labute approximate surface area is 198 Å². The Morgan fingerprint density at radius 1 is 1.03 bits per heavy atom. The number of carbonyl (C=O) groups excluding carboxylic acids is 1. The first-order valence-corrected chi connectivity index (χ1v) is 12.1. The van der Waals surface area contributed by atoms with Gasteiger partial charge in [0.15, 0.2) is 0 Å². The fourth-order valence-corrected chi connectivity index (χ4v) is 5.15. The number of hydrogen-bond donors (Lipinski definition) is 1. The Hall–Kier alpha value is -3.67. The maximum Gasteiger partial charge on any atom is 0.258 e. The maximum absolute atomic E-state index is 13.0. The van der Waals surface area contributed by atoms with E-state index in [0.717, 1.165) is 66.2 Å². The van der Waals surface area contributed by atoms with E-state index >= 15 is 0 Å². The number of nitrogens with zero attached hydrogens (tertiary/aromatic N) is 3. The lowest BCUT2D eigenvalue weighted by Crippen LogP contribution is -2.30. The highest BCUT2D eigenvalue weighted by Crippen LogP contribution is 2.33. The van der Waals surface area contributed by atoms with Crippen molar-refractivity contribution in [1.29, 1.82) is 0 Å². The van der Waals surface area contributed by atoms with Crippen molar-refractivity contribution in [2.24, 2.45) is 11.8 Å². The van der Waals surface area contributed by atoms with E-state index in [-0.39, 0.29) is 11.5 Å². The molecule has 34 heavy (non-hydrogen) atoms. The van der Waals surface area contributed by atoms with Crippen molar-refractivity contribution in [3.63, 3.8) is 0 Å². The Morgan fingerprint density at radius 2 is 1.82 bits per heavy atom. The summed E-state index contributed by atoms with van der Waals surface area (Å²) in [6.45, 7) is 3.45. The Bertz CT molecular complexity index is 1430. The quantitative estimate of drug-likeness (QED) is 0.485. The van der Waals surface area contributed by atoms with E-state index in [2.05, 4.69) is 41.4 Å². The van der Waals surface area contributed by atoms with Crippen LogP contribution in [0, 0.1) is 18.8 Å². The molecular formula is C28H28N4O2. The topological polar surface area (TPSA) is 71.0 Å². The number of carbonyl (C=O) groups is 1. The monoisotopic (exact) mass is 452 g/mol. The second kappa shape index (κ2) is 8.28. The second-order valence-electron chi connectivity index (χ2n) is 9.73. The minimum atomic E-state index is -0.0630. The van der Waals surface area contributed by atoms with Crippen LogP contribution in [-0.4, -0.2) is 38.4 Å². The van der Waals surface area contributed by atoms with Gasteiger partial charge in [-0.3, -0.25) is 14.2 Å². The predicted molar refractivity (Wildman–Crippen MR) is 133 cm³/mol. The molecule has 172 valence electrons. The fourth-order valence-electron chi connectivity index (χ4n) is 5.15. The summed E-state index contributed by atoms with van der Waals surface area (Å²) < 4.78 is 1.73. The number of aromatic nitrogens is 3. The largest absolute Gasteiger partial charge is 0.361 e. The predicted octanol–water partition coefficient (Wildman–Crippen LogP) is 4.49. The third kappa shape index (κ3) is 3.94. The summed E-state index contributed by atoms with van der Waals surface area (Å²) >= 11 is 0. The van der Waals surface area contributed by atoms with Crippen LogP contribution in [0.25, 0.3) is 27.7 Å². The number of aromatic amines is 1. The molecule has 1 saturated heterocycles. The lowest BCUT2D eigenvalue weighted by Gasteiger charge is -2.18. The molecule has 6 nitrogen and oxygen atoms in total. The lowest BCUT2D eigenvalue weighted by molar-refractivity contribution is -0.131. The molecule has 0 spiro atoms. The Morgan fingerprint density at radius 3 is 2.62 bits per heavy atom. The molecule has 0 radical (unpaired) electrons. The van der Waals surface area contributed by atoms with Gasteiger partial charge in [-0.15, -0.1) is 0 Å². The van der Waals surface area contributed by atoms with Gasteiger partial charge in [0.25, 0.3) is 5.56 Å². The van der Waals surface area contributed by atoms with Crippen molar-refractivity contribution in [2.45, 2.75) is 32.6 Å². The van der Waals surface area contributed by atoms with Gasteiger partial charge in [-0.25, -0.2) is 4.98 Å². The summed E-state index contributed by atoms with van der Waals surface area (Å²) in [5, 5.41) is 1.19. The highest BCUT2D eigenvalue weighted by atomic mass is 16.2. The molecule has 1 unspecified atom stereocenters. The summed E-state index contributed by atoms with van der Waals surface area (Å²) in [6, 6.07) is 18.1. The van der Waals surface area contributed by atoms with Crippen LogP contribution < -0.4 is 5.56 Å². The molecule has 3 heterocycles. The van der Waals surface area contributed by atoms with Gasteiger partial charge in [0.2, 0.25) is 5.91 Å². The first kappa shape index (κ1) is 20.9. The van der Waals surface area contributed by atoms with Crippen molar-refractivity contribution in [1.82, 2.24) is 19.4 Å². The van der Waals surface area contributed by atoms with Gasteiger partial charge in [-0.05, 0) is 72.9 Å². The van der Waals surface area contributed by atoms with Crippen LogP contribution in [0.3, 0.4) is 0 Å². The zero-order valence-corrected chi connectivity index (χ0v) is 19.3. The molecule has 1 aliphatic heterocycles. The standard InChI is InChI=1S/C28H28N4O2/c1-18-14-27(33)32(26(30-18)15-19-11-13-31(17-19)28(34)22-3-4-22)24-8-6-20(7-9-24)23-5-2-21-10-12-29-25(21)16-23/h2,5-10,12,14,16,19,22,29H,3-4,11,13,15,17H2,1H3. The first-order valence-electron chi connectivity index (χ1n) is 12.1. The van der Waals surface area contributed by atoms with Crippen molar-refractivity contribution in [3.05, 3.63) is 82.7 Å². The summed E-state index contributed by atoms with van der Waals surface area (Å²) in [7, 11) is 0. The minimum Gasteiger partial charge on any atom is -0.361 e. The van der Waals surface area contributed by atoms with Gasteiger partial charge in [0.05, 0.1) is 5.69 Å². The molecule has 6 heteroatoms. The van der Waals surface area contributed by atoms with E-state index in [0.29, 0.717) is 18.2 Å². The van der Waals surface area contributed by atoms with E-state index in [1.165, 1.54) is 5.39 Å². The van der Waals surface area contributed by atoms with E-state index in [9.17, 15) is 9.59 Å². The number of likely N-dealkylation sites (tertiary alicyclic amines) is 1. The molecule has 4 aromatic rings. The van der Waals surface area contributed by atoms with Gasteiger partial charge in [0.1, 0.15) is 5.82 Å². The summed E-state index contributed by atoms with van der Waals surface area (Å²) in [4.78, 5) is 35.5. The number of amides is 1. The van der Waals surface area contributed by atoms with Gasteiger partial charge in [-0.1, -0.05) is 24.3 Å². The number of rotatable bonds is 5. The summed E-state index contributed by atoms with van der Waals surface area (Å²) in [5.74, 6) is 1.67. The van der Waals surface area contributed by atoms with Crippen LogP contribution in [0.1, 0.15) is 30.8 Å². The zero-order chi connectivity index (χ0) is 23.2. The van der Waals surface area contributed by atoms with E-state index in [4.69, 9.17) is 4.98 Å². The molecule has 2 aliphatic rings. The normalized spacial score (nSPS) is 18.0. The fraction of sp³-hybridized carbons (Fsp3) is 0.321. The van der Waals surface area contributed by atoms with Crippen LogP contribution in [0.2, 0.25) is 0 Å². The molecule has 0 bridgehead atoms. The zero-order valence-electron chi connectivity index (χ0n) is 19.3. The molecule has 2 aromatic carbocycles. The Kier molecular flexibility index (Phi) is 5.09. The van der Waals surface area contributed by atoms with Crippen molar-refractivity contribution in [2.75, 3.05) is 13.1 Å². The molecule has 1 amide bonds. The highest BCUT2D eigenvalue weighted by molar-refractivity contribution is 5.85. The van der Waals surface area contributed by atoms with E-state index < -0.39 is 0 Å². The number of aryl methyl sites for hydroxylation is 1. The molecule has 6 rings (SSSR count). The summed E-state index contributed by atoms with van der Waals surface area (Å²) in [6.07, 6.45) is 5.67. The maximum atomic E-state index is 13.0. The number of H-pyrrole nitrogens is 1. The number of hydrogen-bond acceptors (Lipinski definition) is 3. The Balaban J connectivity index is 1.27. The molecule has 1 saturated carbocycles. The first-order chi connectivity index (χ1) is 16.5. The smallest absolute Gasteiger partial charge is 0.258 e. The lowest BCUT2D eigenvalue weighted by atomic mass is 10.0. The third-order valence-corrected chi connectivity index (χ3v) is 7.13. The van der Waals surface area contributed by atoms with Crippen molar-refractivity contribution >= 4 is 16.8 Å². The second-order valence-corrected chi connectivity index (χ2v) is 9.73. The molecule has 2 aromatic heterocycles. The van der Waals surface area contributed by atoms with Gasteiger partial charge >= 0.3 is 0 Å². The number of fused-ring (bicyclic) bond motifs is 1. The van der Waals surface area contributed by atoms with Gasteiger partial charge in [-0.2, -0.15) is 0 Å².